The van der Waals surface area contributed by atoms with Gasteiger partial charge in [0.05, 0.1) is 6.54 Å². The summed E-state index contributed by atoms with van der Waals surface area (Å²) in [6.45, 7) is 2.56. The molecule has 12 heavy (non-hydrogen) atoms. The molecule has 0 bridgehead atoms. The van der Waals surface area contributed by atoms with Crippen LogP contribution < -0.4 is 11.1 Å². The number of nitrogens with two attached hydrogens (primary N) is 1. The second-order valence-corrected chi connectivity index (χ2v) is 3.63. The fourth-order valence-electron chi connectivity index (χ4n) is 1.88. The third-order valence-corrected chi connectivity index (χ3v) is 2.68. The molecule has 1 aliphatic rings. The lowest BCUT2D eigenvalue weighted by molar-refractivity contribution is -0.117. The van der Waals surface area contributed by atoms with Crippen molar-refractivity contribution in [3.8, 4) is 0 Å². The highest BCUT2D eigenvalue weighted by molar-refractivity contribution is 5.75. The first-order chi connectivity index (χ1) is 5.72. The maximum absolute atomic E-state index is 10.5. The maximum Gasteiger partial charge on any atom is 0.231 e. The van der Waals surface area contributed by atoms with Crippen molar-refractivity contribution in [2.24, 2.45) is 11.7 Å². The molecular formula is C9H18N2O. The summed E-state index contributed by atoms with van der Waals surface area (Å²) in [6, 6.07) is 0.530. The standard InChI is InChI=1S/C9H18N2O/c1-2-7-3-4-8(5-7)11-6-9(10)12/h7-8,11H,2-6H2,1H3,(H2,10,12). The maximum atomic E-state index is 10.5. The SMILES string of the molecule is CCC1CCC(NCC(N)=O)C1. The lowest BCUT2D eigenvalue weighted by Gasteiger charge is -2.10. The van der Waals surface area contributed by atoms with Gasteiger partial charge in [-0.3, -0.25) is 4.79 Å². The first-order valence-electron chi connectivity index (χ1n) is 4.74. The summed E-state index contributed by atoms with van der Waals surface area (Å²) in [6.07, 6.45) is 4.97. The second kappa shape index (κ2) is 4.45. The van der Waals surface area contributed by atoms with Gasteiger partial charge in [0.1, 0.15) is 0 Å². The van der Waals surface area contributed by atoms with E-state index in [1.807, 2.05) is 0 Å². The van der Waals surface area contributed by atoms with Crippen molar-refractivity contribution in [1.29, 1.82) is 0 Å². The Morgan fingerprint density at radius 2 is 2.33 bits per heavy atom. The highest BCUT2D eigenvalue weighted by Gasteiger charge is 2.22. The van der Waals surface area contributed by atoms with Gasteiger partial charge in [0, 0.05) is 6.04 Å². The van der Waals surface area contributed by atoms with E-state index in [0.717, 1.165) is 5.92 Å². The van der Waals surface area contributed by atoms with Crippen LogP contribution in [0.2, 0.25) is 0 Å². The van der Waals surface area contributed by atoms with Crippen LogP contribution in [0.15, 0.2) is 0 Å². The number of carbonyl (C=O) groups is 1. The monoisotopic (exact) mass is 170 g/mol. The van der Waals surface area contributed by atoms with Gasteiger partial charge < -0.3 is 11.1 Å². The smallest absolute Gasteiger partial charge is 0.231 e. The molecule has 1 amide bonds. The van der Waals surface area contributed by atoms with Crippen molar-refractivity contribution in [1.82, 2.24) is 5.32 Å². The van der Waals surface area contributed by atoms with Crippen LogP contribution >= 0.6 is 0 Å². The zero-order valence-corrected chi connectivity index (χ0v) is 7.68. The predicted octanol–water partition coefficient (Wildman–Crippen LogP) is 0.640. The first kappa shape index (κ1) is 9.52. The number of nitrogens with one attached hydrogen (secondary N) is 1. The van der Waals surface area contributed by atoms with Crippen molar-refractivity contribution in [3.05, 3.63) is 0 Å². The Hall–Kier alpha value is -0.570. The van der Waals surface area contributed by atoms with E-state index in [4.69, 9.17) is 5.73 Å². The van der Waals surface area contributed by atoms with Gasteiger partial charge in [-0.2, -0.15) is 0 Å². The highest BCUT2D eigenvalue weighted by atomic mass is 16.1. The molecule has 3 heteroatoms. The van der Waals surface area contributed by atoms with E-state index >= 15 is 0 Å². The van der Waals surface area contributed by atoms with Gasteiger partial charge in [0.25, 0.3) is 0 Å². The van der Waals surface area contributed by atoms with Crippen LogP contribution in [0.5, 0.6) is 0 Å². The molecule has 2 atom stereocenters. The van der Waals surface area contributed by atoms with E-state index < -0.39 is 0 Å². The number of hydrogen-bond donors (Lipinski definition) is 2. The molecule has 1 aliphatic carbocycles. The van der Waals surface area contributed by atoms with Gasteiger partial charge in [-0.15, -0.1) is 0 Å². The van der Waals surface area contributed by atoms with Crippen molar-refractivity contribution >= 4 is 5.91 Å². The van der Waals surface area contributed by atoms with Crippen LogP contribution in [0.3, 0.4) is 0 Å². The Labute approximate surface area is 73.7 Å². The molecule has 0 spiro atoms. The summed E-state index contributed by atoms with van der Waals surface area (Å²) in [7, 11) is 0. The minimum atomic E-state index is -0.255. The second-order valence-electron chi connectivity index (χ2n) is 3.63. The molecule has 0 heterocycles. The van der Waals surface area contributed by atoms with Gasteiger partial charge in [-0.25, -0.2) is 0 Å². The number of hydrogen-bond acceptors (Lipinski definition) is 2. The van der Waals surface area contributed by atoms with E-state index in [1.165, 1.54) is 25.7 Å². The van der Waals surface area contributed by atoms with Crippen molar-refractivity contribution < 1.29 is 4.79 Å². The molecule has 0 aromatic heterocycles. The van der Waals surface area contributed by atoms with Gasteiger partial charge in [-0.05, 0) is 25.2 Å². The number of primary amides is 1. The fourth-order valence-corrected chi connectivity index (χ4v) is 1.88. The molecule has 0 aliphatic heterocycles. The summed E-state index contributed by atoms with van der Waals surface area (Å²) in [5.74, 6) is 0.602. The summed E-state index contributed by atoms with van der Waals surface area (Å²) >= 11 is 0. The Morgan fingerprint density at radius 1 is 1.58 bits per heavy atom. The average molecular weight is 170 g/mol. The minimum Gasteiger partial charge on any atom is -0.369 e. The van der Waals surface area contributed by atoms with Gasteiger partial charge in [0.15, 0.2) is 0 Å². The van der Waals surface area contributed by atoms with Crippen molar-refractivity contribution in [3.63, 3.8) is 0 Å². The molecule has 1 saturated carbocycles. The van der Waals surface area contributed by atoms with E-state index in [1.54, 1.807) is 0 Å². The molecule has 3 nitrogen and oxygen atoms in total. The highest BCUT2D eigenvalue weighted by Crippen LogP contribution is 2.27. The Bertz CT molecular complexity index is 159. The third kappa shape index (κ3) is 2.81. The molecule has 0 aromatic rings. The summed E-state index contributed by atoms with van der Waals surface area (Å²) < 4.78 is 0. The van der Waals surface area contributed by atoms with E-state index in [-0.39, 0.29) is 5.91 Å². The Kier molecular flexibility index (Phi) is 3.53. The zero-order valence-electron chi connectivity index (χ0n) is 7.68. The molecule has 0 aromatic carbocycles. The minimum absolute atomic E-state index is 0.255. The fraction of sp³-hybridized carbons (Fsp3) is 0.889. The lowest BCUT2D eigenvalue weighted by atomic mass is 10.1. The van der Waals surface area contributed by atoms with Gasteiger partial charge in [-0.1, -0.05) is 13.3 Å². The molecule has 2 unspecified atom stereocenters. The molecule has 0 saturated heterocycles. The van der Waals surface area contributed by atoms with Crippen LogP contribution in [-0.4, -0.2) is 18.5 Å². The van der Waals surface area contributed by atoms with Crippen LogP contribution in [0, 0.1) is 5.92 Å². The van der Waals surface area contributed by atoms with E-state index in [2.05, 4.69) is 12.2 Å². The third-order valence-electron chi connectivity index (χ3n) is 2.68. The molecule has 1 fully saturated rings. The molecule has 70 valence electrons. The van der Waals surface area contributed by atoms with Gasteiger partial charge in [0.2, 0.25) is 5.91 Å². The number of amides is 1. The first-order valence-corrected chi connectivity index (χ1v) is 4.74. The number of rotatable bonds is 4. The normalized spacial score (nSPS) is 29.1. The lowest BCUT2D eigenvalue weighted by Crippen LogP contribution is -2.35. The molecule has 3 N–H and O–H groups in total. The van der Waals surface area contributed by atoms with Crippen LogP contribution in [0.1, 0.15) is 32.6 Å². The van der Waals surface area contributed by atoms with Crippen LogP contribution in [-0.2, 0) is 4.79 Å². The molecule has 1 rings (SSSR count). The molecular weight excluding hydrogens is 152 g/mol. The van der Waals surface area contributed by atoms with Gasteiger partial charge >= 0.3 is 0 Å². The predicted molar refractivity (Wildman–Crippen MR) is 48.6 cm³/mol. The Morgan fingerprint density at radius 3 is 2.83 bits per heavy atom. The Balaban J connectivity index is 2.15. The quantitative estimate of drug-likeness (QED) is 0.650. The number of carbonyl (C=O) groups excluding carboxylic acids is 1. The largest absolute Gasteiger partial charge is 0.369 e. The average Bonchev–Trinajstić information content (AvgIpc) is 2.48. The van der Waals surface area contributed by atoms with Crippen molar-refractivity contribution in [2.75, 3.05) is 6.54 Å². The molecule has 0 radical (unpaired) electrons. The van der Waals surface area contributed by atoms with Crippen molar-refractivity contribution in [2.45, 2.75) is 38.6 Å². The van der Waals surface area contributed by atoms with Crippen LogP contribution in [0.4, 0.5) is 0 Å². The summed E-state index contributed by atoms with van der Waals surface area (Å²) in [5.41, 5.74) is 5.04. The summed E-state index contributed by atoms with van der Waals surface area (Å²) in [5, 5.41) is 3.17. The zero-order chi connectivity index (χ0) is 8.97. The topological polar surface area (TPSA) is 55.1 Å². The van der Waals surface area contributed by atoms with E-state index in [0.29, 0.717) is 12.6 Å². The van der Waals surface area contributed by atoms with E-state index in [9.17, 15) is 4.79 Å². The van der Waals surface area contributed by atoms with Crippen LogP contribution in [0.25, 0.3) is 0 Å². The summed E-state index contributed by atoms with van der Waals surface area (Å²) in [4.78, 5) is 10.5.